The number of ketones is 1. The van der Waals surface area contributed by atoms with E-state index >= 15 is 0 Å². The van der Waals surface area contributed by atoms with Crippen LogP contribution in [0, 0.1) is 11.3 Å². The number of Topliss-reactive ketones (excluding diaryl/α,β-unsaturated/α-hetero) is 1. The Balaban J connectivity index is 1.96. The molecule has 0 radical (unpaired) electrons. The minimum Gasteiger partial charge on any atom is -0.294 e. The Hall–Kier alpha value is -3.18. The van der Waals surface area contributed by atoms with E-state index in [9.17, 15) is 10.1 Å². The molecule has 0 aliphatic heterocycles. The number of nitrogens with zero attached hydrogens (tertiary/aromatic N) is 1. The highest BCUT2D eigenvalue weighted by Crippen LogP contribution is 2.36. The van der Waals surface area contributed by atoms with Gasteiger partial charge in [0.1, 0.15) is 0 Å². The molecule has 3 aromatic carbocycles. The zero-order valence-corrected chi connectivity index (χ0v) is 13.9. The Labute approximate surface area is 148 Å². The van der Waals surface area contributed by atoms with Gasteiger partial charge < -0.3 is 0 Å². The van der Waals surface area contributed by atoms with Crippen LogP contribution in [-0.4, -0.2) is 5.78 Å². The Morgan fingerprint density at radius 3 is 1.76 bits per heavy atom. The van der Waals surface area contributed by atoms with E-state index in [1.165, 1.54) is 0 Å². The highest BCUT2D eigenvalue weighted by atomic mass is 16.1. The summed E-state index contributed by atoms with van der Waals surface area (Å²) in [6.45, 7) is 0. The van der Waals surface area contributed by atoms with Gasteiger partial charge in [0.2, 0.25) is 0 Å². The van der Waals surface area contributed by atoms with Crippen LogP contribution in [-0.2, 0) is 0 Å². The topological polar surface area (TPSA) is 40.9 Å². The van der Waals surface area contributed by atoms with E-state index in [-0.39, 0.29) is 17.6 Å². The molecule has 0 saturated carbocycles. The molecule has 0 amide bonds. The summed E-state index contributed by atoms with van der Waals surface area (Å²) < 4.78 is 0. The van der Waals surface area contributed by atoms with Crippen LogP contribution in [0.5, 0.6) is 0 Å². The van der Waals surface area contributed by atoms with Crippen LogP contribution in [0.3, 0.4) is 0 Å². The van der Waals surface area contributed by atoms with Crippen LogP contribution in [0.4, 0.5) is 0 Å². The molecule has 0 aromatic heterocycles. The number of hydrogen-bond acceptors (Lipinski definition) is 2. The largest absolute Gasteiger partial charge is 0.294 e. The van der Waals surface area contributed by atoms with Crippen LogP contribution in [0.25, 0.3) is 0 Å². The van der Waals surface area contributed by atoms with Gasteiger partial charge in [0.25, 0.3) is 0 Å². The van der Waals surface area contributed by atoms with E-state index in [1.54, 1.807) is 0 Å². The average molecular weight is 325 g/mol. The maximum absolute atomic E-state index is 12.8. The molecule has 0 spiro atoms. The van der Waals surface area contributed by atoms with Crippen LogP contribution < -0.4 is 0 Å². The second-order valence-corrected chi connectivity index (χ2v) is 6.03. The first-order valence-electron chi connectivity index (χ1n) is 8.37. The van der Waals surface area contributed by atoms with Crippen molar-refractivity contribution in [1.82, 2.24) is 0 Å². The summed E-state index contributed by atoms with van der Waals surface area (Å²) in [5.74, 6) is -0.483. The first kappa shape index (κ1) is 16.7. The van der Waals surface area contributed by atoms with Crippen LogP contribution in [0.2, 0.25) is 0 Å². The molecule has 0 aliphatic rings. The SMILES string of the molecule is N#C[C@H](c1ccccc1)[C@@H](CC(=O)c1ccccc1)c1ccccc1. The third-order valence-corrected chi connectivity index (χ3v) is 4.43. The molecular formula is C23H19NO. The molecule has 2 atom stereocenters. The van der Waals surface area contributed by atoms with Gasteiger partial charge in [-0.1, -0.05) is 91.0 Å². The number of rotatable bonds is 6. The molecule has 3 rings (SSSR count). The van der Waals surface area contributed by atoms with Gasteiger partial charge in [0, 0.05) is 17.9 Å². The maximum atomic E-state index is 12.8. The summed E-state index contributed by atoms with van der Waals surface area (Å²) in [5.41, 5.74) is 2.65. The molecule has 122 valence electrons. The minimum absolute atomic E-state index is 0.0608. The molecule has 0 bridgehead atoms. The maximum Gasteiger partial charge on any atom is 0.163 e. The summed E-state index contributed by atoms with van der Waals surface area (Å²) >= 11 is 0. The molecular weight excluding hydrogens is 306 g/mol. The van der Waals surface area contributed by atoms with Crippen molar-refractivity contribution < 1.29 is 4.79 Å². The fourth-order valence-electron chi connectivity index (χ4n) is 3.13. The van der Waals surface area contributed by atoms with E-state index < -0.39 is 0 Å². The molecule has 0 saturated heterocycles. The van der Waals surface area contributed by atoms with E-state index in [1.807, 2.05) is 91.0 Å². The first-order valence-corrected chi connectivity index (χ1v) is 8.37. The van der Waals surface area contributed by atoms with Gasteiger partial charge in [-0.3, -0.25) is 4.79 Å². The molecule has 3 aromatic rings. The molecule has 2 heteroatoms. The lowest BCUT2D eigenvalue weighted by atomic mass is 9.78. The third kappa shape index (κ3) is 4.02. The zero-order valence-electron chi connectivity index (χ0n) is 13.9. The lowest BCUT2D eigenvalue weighted by Gasteiger charge is -2.22. The normalized spacial score (nSPS) is 12.8. The van der Waals surface area contributed by atoms with Gasteiger partial charge in [-0.05, 0) is 11.1 Å². The fraction of sp³-hybridized carbons (Fsp3) is 0.130. The first-order chi connectivity index (χ1) is 12.3. The number of carbonyl (C=O) groups is 1. The summed E-state index contributed by atoms with van der Waals surface area (Å²) in [6.07, 6.45) is 0.307. The summed E-state index contributed by atoms with van der Waals surface area (Å²) in [4.78, 5) is 12.8. The standard InChI is InChI=1S/C23H19NO/c24-17-22(19-12-6-2-7-13-19)21(18-10-4-1-5-11-18)16-23(25)20-14-8-3-9-15-20/h1-15,21-22H,16H2/t21-,22+/m0/s1. The second-order valence-electron chi connectivity index (χ2n) is 6.03. The van der Waals surface area contributed by atoms with Crippen LogP contribution in [0.1, 0.15) is 39.7 Å². The Morgan fingerprint density at radius 2 is 1.24 bits per heavy atom. The number of benzene rings is 3. The molecule has 0 unspecified atom stereocenters. The zero-order chi connectivity index (χ0) is 17.5. The third-order valence-electron chi connectivity index (χ3n) is 4.43. The molecule has 0 fully saturated rings. The van der Waals surface area contributed by atoms with Crippen molar-refractivity contribution in [2.45, 2.75) is 18.3 Å². The van der Waals surface area contributed by atoms with Crippen molar-refractivity contribution in [3.63, 3.8) is 0 Å². The van der Waals surface area contributed by atoms with Crippen LogP contribution >= 0.6 is 0 Å². The second kappa shape index (κ2) is 8.08. The van der Waals surface area contributed by atoms with Crippen molar-refractivity contribution in [2.75, 3.05) is 0 Å². The fourth-order valence-corrected chi connectivity index (χ4v) is 3.13. The predicted octanol–water partition coefficient (Wildman–Crippen LogP) is 5.35. The molecule has 25 heavy (non-hydrogen) atoms. The monoisotopic (exact) mass is 325 g/mol. The van der Waals surface area contributed by atoms with E-state index in [0.717, 1.165) is 11.1 Å². The minimum atomic E-state index is -0.365. The highest BCUT2D eigenvalue weighted by Gasteiger charge is 2.27. The number of carbonyl (C=O) groups excluding carboxylic acids is 1. The molecule has 2 nitrogen and oxygen atoms in total. The highest BCUT2D eigenvalue weighted by molar-refractivity contribution is 5.96. The Kier molecular flexibility index (Phi) is 5.39. The summed E-state index contributed by atoms with van der Waals surface area (Å²) in [7, 11) is 0. The predicted molar refractivity (Wildman–Crippen MR) is 99.4 cm³/mol. The van der Waals surface area contributed by atoms with Crippen molar-refractivity contribution in [3.8, 4) is 6.07 Å². The summed E-state index contributed by atoms with van der Waals surface area (Å²) in [5, 5.41) is 9.83. The van der Waals surface area contributed by atoms with Crippen molar-refractivity contribution >= 4 is 5.78 Å². The number of hydrogen-bond donors (Lipinski definition) is 0. The molecule has 0 heterocycles. The van der Waals surface area contributed by atoms with Crippen molar-refractivity contribution in [3.05, 3.63) is 108 Å². The van der Waals surface area contributed by atoms with Crippen LogP contribution in [0.15, 0.2) is 91.0 Å². The Bertz CT molecular complexity index is 851. The van der Waals surface area contributed by atoms with Gasteiger partial charge in [0.15, 0.2) is 5.78 Å². The van der Waals surface area contributed by atoms with Gasteiger partial charge in [-0.25, -0.2) is 0 Å². The molecule has 0 aliphatic carbocycles. The van der Waals surface area contributed by atoms with Gasteiger partial charge in [0.05, 0.1) is 12.0 Å². The quantitative estimate of drug-likeness (QED) is 0.573. The lowest BCUT2D eigenvalue weighted by molar-refractivity contribution is 0.0972. The van der Waals surface area contributed by atoms with E-state index in [2.05, 4.69) is 6.07 Å². The van der Waals surface area contributed by atoms with Crippen molar-refractivity contribution in [1.29, 1.82) is 5.26 Å². The van der Waals surface area contributed by atoms with Crippen molar-refractivity contribution in [2.24, 2.45) is 0 Å². The smallest absolute Gasteiger partial charge is 0.163 e. The molecule has 0 N–H and O–H groups in total. The van der Waals surface area contributed by atoms with E-state index in [0.29, 0.717) is 12.0 Å². The van der Waals surface area contributed by atoms with Gasteiger partial charge in [-0.2, -0.15) is 5.26 Å². The number of nitriles is 1. The average Bonchev–Trinajstić information content (AvgIpc) is 2.70. The summed E-state index contributed by atoms with van der Waals surface area (Å²) in [6, 6.07) is 31.3. The lowest BCUT2D eigenvalue weighted by Crippen LogP contribution is -2.15. The van der Waals surface area contributed by atoms with E-state index in [4.69, 9.17) is 0 Å². The van der Waals surface area contributed by atoms with Gasteiger partial charge >= 0.3 is 0 Å². The van der Waals surface area contributed by atoms with Gasteiger partial charge in [-0.15, -0.1) is 0 Å². The Morgan fingerprint density at radius 1 is 0.760 bits per heavy atom.